The Hall–Kier alpha value is -0.0800. The van der Waals surface area contributed by atoms with Gasteiger partial charge in [0.15, 0.2) is 5.96 Å². The van der Waals surface area contributed by atoms with Gasteiger partial charge in [0, 0.05) is 59.4 Å². The Balaban J connectivity index is 0.00000312. The van der Waals surface area contributed by atoms with E-state index in [1.165, 1.54) is 51.9 Å². The van der Waals surface area contributed by atoms with Crippen molar-refractivity contribution in [3.05, 3.63) is 0 Å². The van der Waals surface area contributed by atoms with Crippen LogP contribution >= 0.6 is 24.0 Å². The van der Waals surface area contributed by atoms with Crippen molar-refractivity contribution in [2.75, 3.05) is 60.4 Å². The number of hydrogen-bond acceptors (Lipinski definition) is 3. The molecule has 1 aliphatic carbocycles. The van der Waals surface area contributed by atoms with E-state index in [0.717, 1.165) is 30.9 Å². The molecule has 0 bridgehead atoms. The zero-order chi connectivity index (χ0) is 17.5. The molecule has 148 valence electrons. The van der Waals surface area contributed by atoms with Crippen LogP contribution in [-0.4, -0.2) is 87.1 Å². The summed E-state index contributed by atoms with van der Waals surface area (Å²) in [6.07, 6.45) is 5.54. The molecule has 25 heavy (non-hydrogen) atoms. The molecule has 0 aromatic rings. The summed E-state index contributed by atoms with van der Waals surface area (Å²) in [5.41, 5.74) is 0. The van der Waals surface area contributed by atoms with Crippen molar-refractivity contribution >= 4 is 29.9 Å². The van der Waals surface area contributed by atoms with Gasteiger partial charge in [0.2, 0.25) is 0 Å². The molecule has 0 amide bonds. The first-order chi connectivity index (χ1) is 11.5. The second kappa shape index (κ2) is 11.6. The Morgan fingerprint density at radius 1 is 1.16 bits per heavy atom. The van der Waals surface area contributed by atoms with Crippen molar-refractivity contribution < 1.29 is 0 Å². The first-order valence-electron chi connectivity index (χ1n) is 9.84. The van der Waals surface area contributed by atoms with E-state index in [-0.39, 0.29) is 24.0 Å². The summed E-state index contributed by atoms with van der Waals surface area (Å²) in [5.74, 6) is 2.81. The van der Waals surface area contributed by atoms with Crippen molar-refractivity contribution in [3.63, 3.8) is 0 Å². The van der Waals surface area contributed by atoms with E-state index in [4.69, 9.17) is 0 Å². The van der Waals surface area contributed by atoms with Crippen LogP contribution in [0, 0.1) is 11.8 Å². The quantitative estimate of drug-likeness (QED) is 0.385. The van der Waals surface area contributed by atoms with Gasteiger partial charge in [0.05, 0.1) is 0 Å². The highest BCUT2D eigenvalue weighted by Crippen LogP contribution is 2.28. The first-order valence-corrected chi connectivity index (χ1v) is 9.84. The Kier molecular flexibility index (Phi) is 10.6. The molecule has 2 aliphatic rings. The topological polar surface area (TPSA) is 34.1 Å². The average Bonchev–Trinajstić information content (AvgIpc) is 2.58. The largest absolute Gasteiger partial charge is 0.355 e. The molecule has 1 unspecified atom stereocenters. The van der Waals surface area contributed by atoms with Gasteiger partial charge >= 0.3 is 0 Å². The molecule has 1 N–H and O–H groups in total. The fraction of sp³-hybridized carbons (Fsp3) is 0.947. The van der Waals surface area contributed by atoms with Gasteiger partial charge in [-0.15, -0.1) is 24.0 Å². The smallest absolute Gasteiger partial charge is 0.193 e. The molecule has 2 fully saturated rings. The summed E-state index contributed by atoms with van der Waals surface area (Å²) in [4.78, 5) is 11.8. The lowest BCUT2D eigenvalue weighted by molar-refractivity contribution is 0.119. The zero-order valence-corrected chi connectivity index (χ0v) is 19.3. The maximum atomic E-state index is 4.50. The van der Waals surface area contributed by atoms with Gasteiger partial charge < -0.3 is 15.1 Å². The maximum Gasteiger partial charge on any atom is 0.193 e. The van der Waals surface area contributed by atoms with E-state index in [1.54, 1.807) is 0 Å². The van der Waals surface area contributed by atoms with Crippen LogP contribution in [0.1, 0.15) is 39.5 Å². The van der Waals surface area contributed by atoms with Crippen LogP contribution in [0.3, 0.4) is 0 Å². The van der Waals surface area contributed by atoms with Crippen LogP contribution in [-0.2, 0) is 0 Å². The summed E-state index contributed by atoms with van der Waals surface area (Å²) in [5, 5.41) is 3.60. The van der Waals surface area contributed by atoms with E-state index in [2.05, 4.69) is 53.0 Å². The monoisotopic (exact) mass is 465 g/mol. The van der Waals surface area contributed by atoms with Gasteiger partial charge in [-0.3, -0.25) is 9.89 Å². The molecule has 0 aromatic carbocycles. The lowest BCUT2D eigenvalue weighted by Crippen LogP contribution is -2.52. The van der Waals surface area contributed by atoms with Crippen molar-refractivity contribution in [2.45, 2.75) is 45.6 Å². The summed E-state index contributed by atoms with van der Waals surface area (Å²) in [7, 11) is 6.30. The van der Waals surface area contributed by atoms with Crippen LogP contribution in [0.5, 0.6) is 0 Å². The van der Waals surface area contributed by atoms with Crippen molar-refractivity contribution in [1.29, 1.82) is 0 Å². The number of rotatable bonds is 5. The number of aliphatic imine (C=N–C) groups is 1. The molecule has 1 saturated heterocycles. The van der Waals surface area contributed by atoms with Gasteiger partial charge in [-0.25, -0.2) is 0 Å². The highest BCUT2D eigenvalue weighted by atomic mass is 127. The van der Waals surface area contributed by atoms with Crippen LogP contribution < -0.4 is 5.32 Å². The highest BCUT2D eigenvalue weighted by Gasteiger charge is 2.22. The Bertz CT molecular complexity index is 387. The fourth-order valence-corrected chi connectivity index (χ4v) is 4.00. The molecule has 0 radical (unpaired) electrons. The molecule has 0 aromatic heterocycles. The lowest BCUT2D eigenvalue weighted by atomic mass is 9.83. The molecule has 1 heterocycles. The van der Waals surface area contributed by atoms with Crippen LogP contribution in [0.4, 0.5) is 0 Å². The molecular weight excluding hydrogens is 425 g/mol. The number of hydrogen-bond donors (Lipinski definition) is 1. The molecule has 0 spiro atoms. The number of piperazine rings is 1. The summed E-state index contributed by atoms with van der Waals surface area (Å²) >= 11 is 0. The third kappa shape index (κ3) is 7.59. The average molecular weight is 465 g/mol. The third-order valence-electron chi connectivity index (χ3n) is 5.96. The SMILES string of the molecule is CN=C(NCC(C)N1CCN(C)CC1)N(C)CC1CCC(C)CC1.I. The molecule has 1 atom stereocenters. The van der Waals surface area contributed by atoms with Gasteiger partial charge in [-0.05, 0) is 38.6 Å². The Morgan fingerprint density at radius 3 is 2.32 bits per heavy atom. The zero-order valence-electron chi connectivity index (χ0n) is 17.0. The maximum absolute atomic E-state index is 4.50. The van der Waals surface area contributed by atoms with Crippen molar-refractivity contribution in [1.82, 2.24) is 20.0 Å². The predicted octanol–water partition coefficient (Wildman–Crippen LogP) is 2.57. The van der Waals surface area contributed by atoms with Gasteiger partial charge in [0.1, 0.15) is 0 Å². The number of halogens is 1. The molecular formula is C19H40IN5. The van der Waals surface area contributed by atoms with E-state index in [9.17, 15) is 0 Å². The second-order valence-electron chi connectivity index (χ2n) is 8.12. The highest BCUT2D eigenvalue weighted by molar-refractivity contribution is 14.0. The second-order valence-corrected chi connectivity index (χ2v) is 8.12. The summed E-state index contributed by atoms with van der Waals surface area (Å²) in [6.45, 7) is 11.5. The van der Waals surface area contributed by atoms with E-state index in [1.807, 2.05) is 7.05 Å². The van der Waals surface area contributed by atoms with E-state index < -0.39 is 0 Å². The lowest BCUT2D eigenvalue weighted by Gasteiger charge is -2.37. The van der Waals surface area contributed by atoms with Crippen LogP contribution in [0.25, 0.3) is 0 Å². The van der Waals surface area contributed by atoms with Crippen LogP contribution in [0.15, 0.2) is 4.99 Å². The predicted molar refractivity (Wildman–Crippen MR) is 119 cm³/mol. The minimum absolute atomic E-state index is 0. The Labute approximate surface area is 172 Å². The molecule has 5 nitrogen and oxygen atoms in total. The van der Waals surface area contributed by atoms with Crippen molar-refractivity contribution in [2.24, 2.45) is 16.8 Å². The molecule has 2 rings (SSSR count). The van der Waals surface area contributed by atoms with Gasteiger partial charge in [0.25, 0.3) is 0 Å². The standard InChI is InChI=1S/C19H39N5.HI/c1-16-6-8-18(9-7-16)15-23(5)19(20-3)21-14-17(2)24-12-10-22(4)11-13-24;/h16-18H,6-15H2,1-5H3,(H,20,21);1H. The number of guanidine groups is 1. The minimum Gasteiger partial charge on any atom is -0.355 e. The summed E-state index contributed by atoms with van der Waals surface area (Å²) < 4.78 is 0. The number of nitrogens with one attached hydrogen (secondary N) is 1. The van der Waals surface area contributed by atoms with Gasteiger partial charge in [-0.1, -0.05) is 19.8 Å². The molecule has 6 heteroatoms. The van der Waals surface area contributed by atoms with E-state index in [0.29, 0.717) is 6.04 Å². The minimum atomic E-state index is 0. The van der Waals surface area contributed by atoms with Crippen LogP contribution in [0.2, 0.25) is 0 Å². The third-order valence-corrected chi connectivity index (χ3v) is 5.96. The summed E-state index contributed by atoms with van der Waals surface area (Å²) in [6, 6.07) is 0.555. The fourth-order valence-electron chi connectivity index (χ4n) is 4.00. The number of nitrogens with zero attached hydrogens (tertiary/aromatic N) is 4. The van der Waals surface area contributed by atoms with E-state index >= 15 is 0 Å². The molecule has 1 saturated carbocycles. The normalized spacial score (nSPS) is 27.5. The Morgan fingerprint density at radius 2 is 1.76 bits per heavy atom. The first kappa shape index (κ1) is 23.0. The molecule has 1 aliphatic heterocycles. The van der Waals surface area contributed by atoms with Gasteiger partial charge in [-0.2, -0.15) is 0 Å². The number of likely N-dealkylation sites (N-methyl/N-ethyl adjacent to an activating group) is 1. The van der Waals surface area contributed by atoms with Crippen molar-refractivity contribution in [3.8, 4) is 0 Å².